The minimum atomic E-state index is -0.213. The Morgan fingerprint density at radius 2 is 1.86 bits per heavy atom. The van der Waals surface area contributed by atoms with Crippen LogP contribution in [0, 0.1) is 5.82 Å². The molecule has 1 amide bonds. The molecule has 2 aromatic carbocycles. The zero-order valence-corrected chi connectivity index (χ0v) is 16.3. The van der Waals surface area contributed by atoms with Crippen LogP contribution in [0.1, 0.15) is 36.5 Å². The van der Waals surface area contributed by atoms with Gasteiger partial charge in [-0.05, 0) is 54.7 Å². The van der Waals surface area contributed by atoms with Crippen LogP contribution in [0.3, 0.4) is 0 Å². The van der Waals surface area contributed by atoms with Crippen LogP contribution in [-0.2, 0) is 16.0 Å². The molecule has 2 aliphatic heterocycles. The van der Waals surface area contributed by atoms with E-state index in [0.717, 1.165) is 43.6 Å². The molecule has 0 saturated carbocycles. The molecular weight excluding hydrogens is 355 g/mol. The fourth-order valence-corrected chi connectivity index (χ4v) is 4.32. The van der Waals surface area contributed by atoms with Gasteiger partial charge < -0.3 is 14.5 Å². The van der Waals surface area contributed by atoms with E-state index in [0.29, 0.717) is 13.0 Å². The van der Waals surface area contributed by atoms with Gasteiger partial charge in [0.15, 0.2) is 0 Å². The van der Waals surface area contributed by atoms with E-state index in [1.165, 1.54) is 17.7 Å². The molecule has 0 radical (unpaired) electrons. The molecule has 1 atom stereocenters. The van der Waals surface area contributed by atoms with Gasteiger partial charge in [-0.2, -0.15) is 0 Å². The molecule has 2 aromatic rings. The molecule has 28 heavy (non-hydrogen) atoms. The predicted molar refractivity (Wildman–Crippen MR) is 108 cm³/mol. The van der Waals surface area contributed by atoms with Gasteiger partial charge in [0.1, 0.15) is 5.82 Å². The summed E-state index contributed by atoms with van der Waals surface area (Å²) in [6.45, 7) is 2.42. The summed E-state index contributed by atoms with van der Waals surface area (Å²) in [7, 11) is 1.91. The van der Waals surface area contributed by atoms with Crippen LogP contribution >= 0.6 is 0 Å². The first-order valence-electron chi connectivity index (χ1n) is 10.1. The molecule has 0 aromatic heterocycles. The van der Waals surface area contributed by atoms with E-state index in [1.54, 1.807) is 0 Å². The maximum atomic E-state index is 13.1. The fourth-order valence-electron chi connectivity index (χ4n) is 4.32. The number of amides is 1. The molecule has 4 nitrogen and oxygen atoms in total. The van der Waals surface area contributed by atoms with Crippen molar-refractivity contribution >= 4 is 11.6 Å². The second-order valence-electron chi connectivity index (χ2n) is 7.71. The monoisotopic (exact) mass is 382 g/mol. The molecule has 0 N–H and O–H groups in total. The van der Waals surface area contributed by atoms with E-state index >= 15 is 0 Å². The van der Waals surface area contributed by atoms with Crippen molar-refractivity contribution in [3.63, 3.8) is 0 Å². The summed E-state index contributed by atoms with van der Waals surface area (Å²) in [5.41, 5.74) is 3.49. The molecule has 5 heteroatoms. The summed E-state index contributed by atoms with van der Waals surface area (Å²) in [5.74, 6) is -0.0718. The van der Waals surface area contributed by atoms with Gasteiger partial charge >= 0.3 is 0 Å². The van der Waals surface area contributed by atoms with Crippen molar-refractivity contribution in [1.82, 2.24) is 4.90 Å². The number of hydrogen-bond acceptors (Lipinski definition) is 3. The molecule has 0 bridgehead atoms. The number of fused-ring (bicyclic) bond motifs is 1. The Morgan fingerprint density at radius 1 is 1.14 bits per heavy atom. The van der Waals surface area contributed by atoms with Crippen molar-refractivity contribution in [2.24, 2.45) is 0 Å². The standard InChI is InChI=1S/C23H27FN2O2/c1-25(19-10-13-26(14-11-19)20-8-6-18(24)7-9-20)23(27)16-22-21-5-3-2-4-17(21)12-15-28-22/h2-9,19,22H,10-16H2,1H3/t22-/m0/s1. The molecule has 1 saturated heterocycles. The number of nitrogens with zero attached hydrogens (tertiary/aromatic N) is 2. The SMILES string of the molecule is CN(C(=O)C[C@@H]1OCCc2ccccc21)C1CCN(c2ccc(F)cc2)CC1. The van der Waals surface area contributed by atoms with E-state index in [-0.39, 0.29) is 23.9 Å². The number of rotatable bonds is 4. The van der Waals surface area contributed by atoms with Crippen LogP contribution in [0.25, 0.3) is 0 Å². The highest BCUT2D eigenvalue weighted by molar-refractivity contribution is 5.77. The summed E-state index contributed by atoms with van der Waals surface area (Å²) in [5, 5.41) is 0. The zero-order valence-electron chi connectivity index (χ0n) is 16.3. The molecule has 1 fully saturated rings. The van der Waals surface area contributed by atoms with Gasteiger partial charge in [-0.25, -0.2) is 4.39 Å². The highest BCUT2D eigenvalue weighted by atomic mass is 19.1. The Morgan fingerprint density at radius 3 is 2.61 bits per heavy atom. The molecule has 0 spiro atoms. The number of carbonyl (C=O) groups excluding carboxylic acids is 1. The average molecular weight is 382 g/mol. The summed E-state index contributed by atoms with van der Waals surface area (Å²) in [6, 6.07) is 15.1. The topological polar surface area (TPSA) is 32.8 Å². The third-order valence-electron chi connectivity index (χ3n) is 6.05. The Bertz CT molecular complexity index is 816. The summed E-state index contributed by atoms with van der Waals surface area (Å²) < 4.78 is 19.0. The number of carbonyl (C=O) groups is 1. The van der Waals surface area contributed by atoms with Gasteiger partial charge in [0.25, 0.3) is 0 Å². The number of anilines is 1. The molecule has 4 rings (SSSR count). The third-order valence-corrected chi connectivity index (χ3v) is 6.05. The van der Waals surface area contributed by atoms with Crippen molar-refractivity contribution in [3.05, 3.63) is 65.5 Å². The van der Waals surface area contributed by atoms with Gasteiger partial charge in [-0.3, -0.25) is 4.79 Å². The summed E-state index contributed by atoms with van der Waals surface area (Å²) in [6.07, 6.45) is 3.01. The van der Waals surface area contributed by atoms with Crippen LogP contribution < -0.4 is 4.90 Å². The van der Waals surface area contributed by atoms with E-state index < -0.39 is 0 Å². The Balaban J connectivity index is 1.33. The highest BCUT2D eigenvalue weighted by Gasteiger charge is 2.29. The lowest BCUT2D eigenvalue weighted by molar-refractivity contribution is -0.135. The van der Waals surface area contributed by atoms with Crippen molar-refractivity contribution < 1.29 is 13.9 Å². The second-order valence-corrected chi connectivity index (χ2v) is 7.71. The Hall–Kier alpha value is -2.40. The van der Waals surface area contributed by atoms with Gasteiger partial charge in [-0.15, -0.1) is 0 Å². The number of benzene rings is 2. The van der Waals surface area contributed by atoms with Gasteiger partial charge in [0.2, 0.25) is 5.91 Å². The Kier molecular flexibility index (Phi) is 5.62. The average Bonchev–Trinajstić information content (AvgIpc) is 2.74. The number of piperidine rings is 1. The van der Waals surface area contributed by atoms with Crippen LogP contribution in [0.4, 0.5) is 10.1 Å². The van der Waals surface area contributed by atoms with E-state index in [1.807, 2.05) is 36.2 Å². The Labute approximate surface area is 165 Å². The maximum absolute atomic E-state index is 13.1. The van der Waals surface area contributed by atoms with E-state index in [2.05, 4.69) is 17.0 Å². The van der Waals surface area contributed by atoms with Crippen molar-refractivity contribution in [2.45, 2.75) is 37.8 Å². The van der Waals surface area contributed by atoms with Gasteiger partial charge in [0, 0.05) is 31.9 Å². The first-order chi connectivity index (χ1) is 13.6. The number of ether oxygens (including phenoxy) is 1. The van der Waals surface area contributed by atoms with Crippen LogP contribution in [-0.4, -0.2) is 43.6 Å². The number of halogens is 1. The van der Waals surface area contributed by atoms with Crippen LogP contribution in [0.15, 0.2) is 48.5 Å². The second kappa shape index (κ2) is 8.31. The number of hydrogen-bond donors (Lipinski definition) is 0. The van der Waals surface area contributed by atoms with Crippen molar-refractivity contribution in [1.29, 1.82) is 0 Å². The van der Waals surface area contributed by atoms with Gasteiger partial charge in [0.05, 0.1) is 19.1 Å². The maximum Gasteiger partial charge on any atom is 0.225 e. The zero-order chi connectivity index (χ0) is 19.5. The summed E-state index contributed by atoms with van der Waals surface area (Å²) in [4.78, 5) is 17.1. The lowest BCUT2D eigenvalue weighted by Gasteiger charge is -2.38. The first-order valence-corrected chi connectivity index (χ1v) is 10.1. The molecule has 148 valence electrons. The largest absolute Gasteiger partial charge is 0.373 e. The van der Waals surface area contributed by atoms with E-state index in [9.17, 15) is 9.18 Å². The normalized spacial score (nSPS) is 19.9. The van der Waals surface area contributed by atoms with Gasteiger partial charge in [-0.1, -0.05) is 24.3 Å². The van der Waals surface area contributed by atoms with E-state index in [4.69, 9.17) is 4.74 Å². The highest BCUT2D eigenvalue weighted by Crippen LogP contribution is 2.31. The lowest BCUT2D eigenvalue weighted by atomic mass is 9.95. The predicted octanol–water partition coefficient (Wildman–Crippen LogP) is 3.96. The molecular formula is C23H27FN2O2. The molecule has 0 unspecified atom stereocenters. The first kappa shape index (κ1) is 18.9. The smallest absolute Gasteiger partial charge is 0.225 e. The molecule has 2 aliphatic rings. The minimum Gasteiger partial charge on any atom is -0.373 e. The molecule has 2 heterocycles. The minimum absolute atomic E-state index is 0.140. The molecule has 0 aliphatic carbocycles. The van der Waals surface area contributed by atoms with Crippen LogP contribution in [0.2, 0.25) is 0 Å². The van der Waals surface area contributed by atoms with Crippen LogP contribution in [0.5, 0.6) is 0 Å². The van der Waals surface area contributed by atoms with Crippen molar-refractivity contribution in [3.8, 4) is 0 Å². The third kappa shape index (κ3) is 4.04. The lowest BCUT2D eigenvalue weighted by Crippen LogP contribution is -2.46. The quantitative estimate of drug-likeness (QED) is 0.803. The van der Waals surface area contributed by atoms with Crippen molar-refractivity contribution in [2.75, 3.05) is 31.6 Å². The summed E-state index contributed by atoms with van der Waals surface area (Å²) >= 11 is 0. The fraction of sp³-hybridized carbons (Fsp3) is 0.435.